The second kappa shape index (κ2) is 4.71. The van der Waals surface area contributed by atoms with Crippen LogP contribution in [-0.2, 0) is 0 Å². The molecule has 0 radical (unpaired) electrons. The van der Waals surface area contributed by atoms with E-state index in [-0.39, 0.29) is 18.4 Å². The van der Waals surface area contributed by atoms with Gasteiger partial charge in [0.1, 0.15) is 0 Å². The van der Waals surface area contributed by atoms with Crippen molar-refractivity contribution in [1.82, 2.24) is 0 Å². The molecule has 1 aromatic carbocycles. The Bertz CT molecular complexity index is 303. The highest BCUT2D eigenvalue weighted by atomic mass is 35.5. The zero-order valence-electron chi connectivity index (χ0n) is 7.54. The average molecular weight is 253 g/mol. The lowest BCUT2D eigenvalue weighted by atomic mass is 10.0. The van der Waals surface area contributed by atoms with Gasteiger partial charge in [-0.1, -0.05) is 29.3 Å². The Balaban J connectivity index is 0.000000980. The quantitative estimate of drug-likeness (QED) is 0.851. The fourth-order valence-corrected chi connectivity index (χ4v) is 2.17. The molecule has 2 N–H and O–H groups in total. The number of hydrogen-bond donors (Lipinski definition) is 1. The van der Waals surface area contributed by atoms with Crippen LogP contribution in [0.15, 0.2) is 18.2 Å². The molecule has 1 atom stereocenters. The van der Waals surface area contributed by atoms with Crippen LogP contribution in [0.1, 0.15) is 24.4 Å². The number of hydrogen-bond acceptors (Lipinski definition) is 1. The predicted octanol–water partition coefficient (Wildman–Crippen LogP) is 3.83. The van der Waals surface area contributed by atoms with E-state index in [2.05, 4.69) is 0 Å². The van der Waals surface area contributed by atoms with Gasteiger partial charge in [-0.05, 0) is 30.9 Å². The van der Waals surface area contributed by atoms with E-state index in [1.165, 1.54) is 12.8 Å². The highest BCUT2D eigenvalue weighted by molar-refractivity contribution is 6.36. The second-order valence-electron chi connectivity index (χ2n) is 3.50. The lowest BCUT2D eigenvalue weighted by molar-refractivity contribution is 0.634. The number of nitrogens with two attached hydrogens (primary N) is 1. The van der Waals surface area contributed by atoms with Crippen molar-refractivity contribution in [3.63, 3.8) is 0 Å². The van der Waals surface area contributed by atoms with Crippen molar-refractivity contribution in [2.24, 2.45) is 11.7 Å². The molecule has 1 saturated carbocycles. The van der Waals surface area contributed by atoms with Gasteiger partial charge in [0.05, 0.1) is 0 Å². The third kappa shape index (κ3) is 2.34. The standard InChI is InChI=1S/C10H11Cl2N.ClH/c11-7-2-1-3-8(12)9(7)10(13)6-4-5-6;/h1-3,6,10H,4-5,13H2;1H. The smallest absolute Gasteiger partial charge is 0.0468 e. The first-order valence-corrected chi connectivity index (χ1v) is 5.15. The normalized spacial score (nSPS) is 17.4. The summed E-state index contributed by atoms with van der Waals surface area (Å²) in [5.74, 6) is 0.581. The maximum Gasteiger partial charge on any atom is 0.0468 e. The molecule has 1 fully saturated rings. The Hall–Kier alpha value is 0.0500. The first-order chi connectivity index (χ1) is 6.20. The van der Waals surface area contributed by atoms with Gasteiger partial charge in [-0.15, -0.1) is 12.4 Å². The van der Waals surface area contributed by atoms with Gasteiger partial charge in [0.2, 0.25) is 0 Å². The molecule has 0 saturated heterocycles. The van der Waals surface area contributed by atoms with Crippen molar-refractivity contribution in [1.29, 1.82) is 0 Å². The van der Waals surface area contributed by atoms with Gasteiger partial charge in [-0.25, -0.2) is 0 Å². The largest absolute Gasteiger partial charge is 0.324 e. The van der Waals surface area contributed by atoms with Crippen molar-refractivity contribution < 1.29 is 0 Å². The summed E-state index contributed by atoms with van der Waals surface area (Å²) in [5.41, 5.74) is 6.94. The lowest BCUT2D eigenvalue weighted by Crippen LogP contribution is -2.13. The van der Waals surface area contributed by atoms with Crippen molar-refractivity contribution in [3.05, 3.63) is 33.8 Å². The number of halogens is 3. The van der Waals surface area contributed by atoms with E-state index in [0.717, 1.165) is 5.56 Å². The Morgan fingerprint density at radius 1 is 1.21 bits per heavy atom. The third-order valence-corrected chi connectivity index (χ3v) is 3.12. The fraction of sp³-hybridized carbons (Fsp3) is 0.400. The van der Waals surface area contributed by atoms with E-state index < -0.39 is 0 Å². The third-order valence-electron chi connectivity index (χ3n) is 2.46. The van der Waals surface area contributed by atoms with Crippen LogP contribution in [0.4, 0.5) is 0 Å². The zero-order valence-corrected chi connectivity index (χ0v) is 9.87. The molecule has 0 bridgehead atoms. The summed E-state index contributed by atoms with van der Waals surface area (Å²) in [5, 5.41) is 1.37. The maximum absolute atomic E-state index is 6.03. The van der Waals surface area contributed by atoms with Gasteiger partial charge in [-0.3, -0.25) is 0 Å². The minimum atomic E-state index is 0. The molecule has 1 aromatic rings. The van der Waals surface area contributed by atoms with Crippen molar-refractivity contribution >= 4 is 35.6 Å². The SMILES string of the molecule is Cl.NC(c1c(Cl)cccc1Cl)C1CC1. The summed E-state index contributed by atoms with van der Waals surface area (Å²) < 4.78 is 0. The molecular weight excluding hydrogens is 240 g/mol. The predicted molar refractivity (Wildman–Crippen MR) is 63.4 cm³/mol. The van der Waals surface area contributed by atoms with Gasteiger partial charge < -0.3 is 5.73 Å². The molecule has 2 rings (SSSR count). The number of rotatable bonds is 2. The van der Waals surface area contributed by atoms with Crippen LogP contribution < -0.4 is 5.73 Å². The van der Waals surface area contributed by atoms with Crippen molar-refractivity contribution in [2.45, 2.75) is 18.9 Å². The van der Waals surface area contributed by atoms with Gasteiger partial charge in [0.25, 0.3) is 0 Å². The summed E-state index contributed by atoms with van der Waals surface area (Å²) in [7, 11) is 0. The van der Waals surface area contributed by atoms with E-state index in [0.29, 0.717) is 16.0 Å². The topological polar surface area (TPSA) is 26.0 Å². The average Bonchev–Trinajstić information content (AvgIpc) is 2.85. The van der Waals surface area contributed by atoms with Crippen molar-refractivity contribution in [2.75, 3.05) is 0 Å². The van der Waals surface area contributed by atoms with Crippen molar-refractivity contribution in [3.8, 4) is 0 Å². The molecule has 1 nitrogen and oxygen atoms in total. The molecule has 14 heavy (non-hydrogen) atoms. The summed E-state index contributed by atoms with van der Waals surface area (Å²) >= 11 is 12.1. The Morgan fingerprint density at radius 2 is 1.71 bits per heavy atom. The molecule has 4 heteroatoms. The summed E-state index contributed by atoms with van der Waals surface area (Å²) in [6, 6.07) is 5.53. The maximum atomic E-state index is 6.03. The molecule has 78 valence electrons. The molecular formula is C10H12Cl3N. The van der Waals surface area contributed by atoms with Crippen LogP contribution >= 0.6 is 35.6 Å². The Kier molecular flexibility index (Phi) is 4.08. The fourth-order valence-electron chi connectivity index (χ4n) is 1.52. The molecule has 1 aliphatic carbocycles. The van der Waals surface area contributed by atoms with E-state index in [1.54, 1.807) is 0 Å². The summed E-state index contributed by atoms with van der Waals surface area (Å²) in [6.45, 7) is 0. The molecule has 0 heterocycles. The first-order valence-electron chi connectivity index (χ1n) is 4.39. The van der Waals surface area contributed by atoms with E-state index in [9.17, 15) is 0 Å². The number of benzene rings is 1. The monoisotopic (exact) mass is 251 g/mol. The second-order valence-corrected chi connectivity index (χ2v) is 4.31. The highest BCUT2D eigenvalue weighted by Gasteiger charge is 2.31. The van der Waals surface area contributed by atoms with Crippen LogP contribution in [0.25, 0.3) is 0 Å². The van der Waals surface area contributed by atoms with Crippen LogP contribution in [-0.4, -0.2) is 0 Å². The zero-order chi connectivity index (χ0) is 9.42. The lowest BCUT2D eigenvalue weighted by Gasteiger charge is -2.14. The Morgan fingerprint density at radius 3 is 2.14 bits per heavy atom. The molecule has 1 unspecified atom stereocenters. The molecule has 0 spiro atoms. The van der Waals surface area contributed by atoms with E-state index >= 15 is 0 Å². The Labute approximate surface area is 100.0 Å². The van der Waals surface area contributed by atoms with E-state index in [1.807, 2.05) is 18.2 Å². The highest BCUT2D eigenvalue weighted by Crippen LogP contribution is 2.43. The van der Waals surface area contributed by atoms with Crippen LogP contribution in [0, 0.1) is 5.92 Å². The van der Waals surface area contributed by atoms with Crippen LogP contribution in [0.3, 0.4) is 0 Å². The summed E-state index contributed by atoms with van der Waals surface area (Å²) in [6.07, 6.45) is 2.39. The first kappa shape index (κ1) is 12.1. The minimum absolute atomic E-state index is 0. The molecule has 1 aliphatic rings. The molecule has 0 aromatic heterocycles. The summed E-state index contributed by atoms with van der Waals surface area (Å²) in [4.78, 5) is 0. The van der Waals surface area contributed by atoms with Crippen LogP contribution in [0.2, 0.25) is 10.0 Å². The minimum Gasteiger partial charge on any atom is -0.324 e. The van der Waals surface area contributed by atoms with Gasteiger partial charge >= 0.3 is 0 Å². The van der Waals surface area contributed by atoms with E-state index in [4.69, 9.17) is 28.9 Å². The molecule has 0 amide bonds. The van der Waals surface area contributed by atoms with Gasteiger partial charge in [0, 0.05) is 21.7 Å². The van der Waals surface area contributed by atoms with Gasteiger partial charge in [-0.2, -0.15) is 0 Å². The van der Waals surface area contributed by atoms with Gasteiger partial charge in [0.15, 0.2) is 0 Å². The van der Waals surface area contributed by atoms with Crippen LogP contribution in [0.5, 0.6) is 0 Å². The molecule has 0 aliphatic heterocycles.